The van der Waals surface area contributed by atoms with Crippen molar-refractivity contribution in [1.82, 2.24) is 0 Å². The van der Waals surface area contributed by atoms with Crippen molar-refractivity contribution in [2.45, 2.75) is 13.3 Å². The minimum atomic E-state index is 1.05. The summed E-state index contributed by atoms with van der Waals surface area (Å²) in [5.74, 6) is 0. The Balaban J connectivity index is 1.90. The summed E-state index contributed by atoms with van der Waals surface area (Å²) in [6, 6.07) is 24.5. The van der Waals surface area contributed by atoms with Crippen LogP contribution in [-0.2, 0) is 6.42 Å². The molecule has 0 nitrogen and oxygen atoms in total. The summed E-state index contributed by atoms with van der Waals surface area (Å²) in [5, 5.41) is 5.55. The molecule has 0 aliphatic heterocycles. The van der Waals surface area contributed by atoms with Crippen molar-refractivity contribution < 1.29 is 0 Å². The Morgan fingerprint density at radius 1 is 0.636 bits per heavy atom. The molecule has 0 saturated heterocycles. The van der Waals surface area contributed by atoms with Gasteiger partial charge in [0.15, 0.2) is 0 Å². The van der Waals surface area contributed by atoms with Crippen LogP contribution in [0.4, 0.5) is 0 Å². The van der Waals surface area contributed by atoms with Crippen molar-refractivity contribution in [3.8, 4) is 11.1 Å². The Morgan fingerprint density at radius 3 is 2.27 bits per heavy atom. The molecule has 0 atom stereocenters. The number of hydrogen-bond acceptors (Lipinski definition) is 0. The van der Waals surface area contributed by atoms with Crippen molar-refractivity contribution in [1.29, 1.82) is 0 Å². The van der Waals surface area contributed by atoms with E-state index in [0.29, 0.717) is 0 Å². The van der Waals surface area contributed by atoms with Crippen molar-refractivity contribution in [2.75, 3.05) is 0 Å². The van der Waals surface area contributed by atoms with E-state index in [0.717, 1.165) is 6.42 Å². The number of benzene rings is 4. The molecule has 4 aromatic carbocycles. The Labute approximate surface area is 130 Å². The van der Waals surface area contributed by atoms with Crippen LogP contribution in [0.15, 0.2) is 66.7 Å². The molecule has 5 rings (SSSR count). The summed E-state index contributed by atoms with van der Waals surface area (Å²) < 4.78 is 0. The second-order valence-electron chi connectivity index (χ2n) is 6.25. The molecule has 0 amide bonds. The van der Waals surface area contributed by atoms with Gasteiger partial charge in [-0.3, -0.25) is 0 Å². The van der Waals surface area contributed by atoms with Gasteiger partial charge in [-0.05, 0) is 62.7 Å². The van der Waals surface area contributed by atoms with Crippen LogP contribution in [0.25, 0.3) is 32.7 Å². The zero-order valence-electron chi connectivity index (χ0n) is 12.6. The Morgan fingerprint density at radius 2 is 1.36 bits per heavy atom. The molecule has 1 aliphatic carbocycles. The average Bonchev–Trinajstić information content (AvgIpc) is 2.94. The standard InChI is InChI=1S/C22H16/c1-14-5-4-7-16-10-12-19-18-11-9-15-6-2-3-8-17(15)20(18)13-21(19)22(14)16/h2-12H,13H2,1H3. The topological polar surface area (TPSA) is 0 Å². The summed E-state index contributed by atoms with van der Waals surface area (Å²) in [6.07, 6.45) is 1.05. The smallest absolute Gasteiger partial charge is 0.000101 e. The molecule has 0 saturated carbocycles. The molecule has 0 N–H and O–H groups in total. The Kier molecular flexibility index (Phi) is 2.29. The van der Waals surface area contributed by atoms with Crippen LogP contribution in [0.1, 0.15) is 16.7 Å². The van der Waals surface area contributed by atoms with Crippen LogP contribution in [0.3, 0.4) is 0 Å². The number of hydrogen-bond donors (Lipinski definition) is 0. The molecular weight excluding hydrogens is 264 g/mol. The third-order valence-corrected chi connectivity index (χ3v) is 5.05. The molecule has 0 fully saturated rings. The monoisotopic (exact) mass is 280 g/mol. The fraction of sp³-hybridized carbons (Fsp3) is 0.0909. The summed E-state index contributed by atoms with van der Waals surface area (Å²) in [6.45, 7) is 2.23. The first-order chi connectivity index (χ1) is 10.8. The quantitative estimate of drug-likeness (QED) is 0.332. The van der Waals surface area contributed by atoms with E-state index in [-0.39, 0.29) is 0 Å². The second-order valence-corrected chi connectivity index (χ2v) is 6.25. The minimum Gasteiger partial charge on any atom is -0.0616 e. The lowest BCUT2D eigenvalue weighted by molar-refractivity contribution is 1.30. The zero-order chi connectivity index (χ0) is 14.7. The van der Waals surface area contributed by atoms with Gasteiger partial charge in [-0.2, -0.15) is 0 Å². The molecule has 0 unspecified atom stereocenters. The maximum absolute atomic E-state index is 2.30. The highest BCUT2D eigenvalue weighted by Gasteiger charge is 2.22. The normalized spacial score (nSPS) is 12.6. The molecule has 0 bridgehead atoms. The van der Waals surface area contributed by atoms with Gasteiger partial charge in [0.25, 0.3) is 0 Å². The van der Waals surface area contributed by atoms with Crippen molar-refractivity contribution >= 4 is 21.5 Å². The molecule has 0 heteroatoms. The number of aryl methyl sites for hydroxylation is 1. The van der Waals surface area contributed by atoms with Crippen LogP contribution in [0.2, 0.25) is 0 Å². The molecule has 4 aromatic rings. The highest BCUT2D eigenvalue weighted by molar-refractivity contribution is 6.01. The highest BCUT2D eigenvalue weighted by atomic mass is 14.3. The third kappa shape index (κ3) is 1.47. The van der Waals surface area contributed by atoms with Crippen LogP contribution >= 0.6 is 0 Å². The molecule has 104 valence electrons. The lowest BCUT2D eigenvalue weighted by Crippen LogP contribution is -1.87. The predicted molar refractivity (Wildman–Crippen MR) is 94.4 cm³/mol. The molecular formula is C22H16. The first kappa shape index (κ1) is 12.0. The van der Waals surface area contributed by atoms with Crippen LogP contribution in [0.5, 0.6) is 0 Å². The van der Waals surface area contributed by atoms with Gasteiger partial charge in [0.2, 0.25) is 0 Å². The van der Waals surface area contributed by atoms with Crippen LogP contribution in [-0.4, -0.2) is 0 Å². The van der Waals surface area contributed by atoms with Gasteiger partial charge in [-0.25, -0.2) is 0 Å². The Bertz CT molecular complexity index is 1050. The summed E-state index contributed by atoms with van der Waals surface area (Å²) in [4.78, 5) is 0. The maximum Gasteiger partial charge on any atom is -0.000101 e. The number of fused-ring (bicyclic) bond motifs is 7. The van der Waals surface area contributed by atoms with Crippen LogP contribution < -0.4 is 0 Å². The van der Waals surface area contributed by atoms with E-state index in [4.69, 9.17) is 0 Å². The lowest BCUT2D eigenvalue weighted by atomic mass is 9.96. The fourth-order valence-corrected chi connectivity index (χ4v) is 4.04. The van der Waals surface area contributed by atoms with Gasteiger partial charge in [0, 0.05) is 0 Å². The van der Waals surface area contributed by atoms with E-state index in [9.17, 15) is 0 Å². The van der Waals surface area contributed by atoms with Crippen molar-refractivity contribution in [2.24, 2.45) is 0 Å². The molecule has 0 spiro atoms. The molecule has 0 heterocycles. The zero-order valence-corrected chi connectivity index (χ0v) is 12.6. The van der Waals surface area contributed by atoms with Crippen molar-refractivity contribution in [3.63, 3.8) is 0 Å². The van der Waals surface area contributed by atoms with Crippen molar-refractivity contribution in [3.05, 3.63) is 83.4 Å². The maximum atomic E-state index is 2.30. The van der Waals surface area contributed by atoms with E-state index in [1.165, 1.54) is 49.4 Å². The summed E-state index contributed by atoms with van der Waals surface area (Å²) >= 11 is 0. The van der Waals surface area contributed by atoms with E-state index >= 15 is 0 Å². The highest BCUT2D eigenvalue weighted by Crippen LogP contribution is 2.43. The van der Waals surface area contributed by atoms with E-state index < -0.39 is 0 Å². The molecule has 1 aliphatic rings. The van der Waals surface area contributed by atoms with Gasteiger partial charge in [-0.1, -0.05) is 66.7 Å². The summed E-state index contributed by atoms with van der Waals surface area (Å²) in [7, 11) is 0. The average molecular weight is 280 g/mol. The minimum absolute atomic E-state index is 1.05. The lowest BCUT2D eigenvalue weighted by Gasteiger charge is -2.08. The van der Waals surface area contributed by atoms with Crippen LogP contribution in [0, 0.1) is 6.92 Å². The predicted octanol–water partition coefficient (Wildman–Crippen LogP) is 5.87. The van der Waals surface area contributed by atoms with Gasteiger partial charge < -0.3 is 0 Å². The first-order valence-electron chi connectivity index (χ1n) is 7.85. The van der Waals surface area contributed by atoms with E-state index in [1.807, 2.05) is 0 Å². The largest absolute Gasteiger partial charge is 0.0616 e. The molecule has 0 radical (unpaired) electrons. The van der Waals surface area contributed by atoms with Gasteiger partial charge >= 0.3 is 0 Å². The van der Waals surface area contributed by atoms with E-state index in [1.54, 1.807) is 0 Å². The van der Waals surface area contributed by atoms with Gasteiger partial charge in [-0.15, -0.1) is 0 Å². The molecule has 22 heavy (non-hydrogen) atoms. The second kappa shape index (κ2) is 4.20. The third-order valence-electron chi connectivity index (χ3n) is 5.05. The van der Waals surface area contributed by atoms with Gasteiger partial charge in [0.1, 0.15) is 0 Å². The van der Waals surface area contributed by atoms with E-state index in [2.05, 4.69) is 73.7 Å². The SMILES string of the molecule is Cc1cccc2ccc3c(c12)Cc1c-3ccc2ccccc12. The Hall–Kier alpha value is -2.60. The molecule has 0 aromatic heterocycles. The summed E-state index contributed by atoms with van der Waals surface area (Å²) in [5.41, 5.74) is 7.21. The van der Waals surface area contributed by atoms with Gasteiger partial charge in [0.05, 0.1) is 0 Å². The first-order valence-corrected chi connectivity index (χ1v) is 7.85. The number of rotatable bonds is 0. The fourth-order valence-electron chi connectivity index (χ4n) is 4.04.